The molecule has 1 aliphatic carbocycles. The summed E-state index contributed by atoms with van der Waals surface area (Å²) in [5, 5.41) is 3.44. The van der Waals surface area contributed by atoms with Crippen LogP contribution in [0.25, 0.3) is 0 Å². The molecule has 2 heteroatoms. The molecule has 9 heavy (non-hydrogen) atoms. The van der Waals surface area contributed by atoms with E-state index in [0.29, 0.717) is 6.10 Å². The van der Waals surface area contributed by atoms with Gasteiger partial charge in [0.05, 0.1) is 6.10 Å². The first-order valence-electron chi connectivity index (χ1n) is 3.66. The molecule has 0 aromatic heterocycles. The summed E-state index contributed by atoms with van der Waals surface area (Å²) in [5.74, 6) is 0.819. The average molecular weight is 127 g/mol. The summed E-state index contributed by atoms with van der Waals surface area (Å²) in [5.41, 5.74) is 0. The molecule has 1 saturated carbocycles. The van der Waals surface area contributed by atoms with E-state index < -0.39 is 0 Å². The van der Waals surface area contributed by atoms with Gasteiger partial charge < -0.3 is 10.1 Å². The van der Waals surface area contributed by atoms with Crippen LogP contribution in [0.3, 0.4) is 0 Å². The van der Waals surface area contributed by atoms with Crippen molar-refractivity contribution in [3.63, 3.8) is 0 Å². The van der Waals surface area contributed by atoms with Crippen molar-refractivity contribution in [3.05, 3.63) is 0 Å². The molecule has 0 amide bonds. The minimum atomic E-state index is 0.566. The van der Waals surface area contributed by atoms with Crippen molar-refractivity contribution < 1.29 is 4.74 Å². The highest BCUT2D eigenvalue weighted by atomic mass is 16.5. The van der Waals surface area contributed by atoms with E-state index in [1.165, 1.54) is 19.4 Å². The molecule has 0 aromatic carbocycles. The number of hydrogen-bond acceptors (Lipinski definition) is 2. The molecule has 3 atom stereocenters. The van der Waals surface area contributed by atoms with Crippen molar-refractivity contribution in [2.75, 3.05) is 13.7 Å². The van der Waals surface area contributed by atoms with E-state index in [9.17, 15) is 0 Å². The fraction of sp³-hybridized carbons (Fsp3) is 1.00. The van der Waals surface area contributed by atoms with Crippen molar-refractivity contribution in [2.45, 2.75) is 25.0 Å². The number of hydrogen-bond donors (Lipinski definition) is 1. The summed E-state index contributed by atoms with van der Waals surface area (Å²) in [6, 6.07) is 0.778. The molecule has 0 spiro atoms. The van der Waals surface area contributed by atoms with Gasteiger partial charge in [0.25, 0.3) is 0 Å². The summed E-state index contributed by atoms with van der Waals surface area (Å²) >= 11 is 0. The standard InChI is InChI=1S/C7H13NO/c1-9-7-3-6-2-5(7)4-8-6/h5-8H,2-4H2,1H3/t5-,6-,7+/m0/s1. The highest BCUT2D eigenvalue weighted by molar-refractivity contribution is 4.95. The molecule has 2 bridgehead atoms. The third-order valence-corrected chi connectivity index (χ3v) is 2.60. The maximum absolute atomic E-state index is 5.31. The Balaban J connectivity index is 2.01. The van der Waals surface area contributed by atoms with Gasteiger partial charge in [0, 0.05) is 19.7 Å². The lowest BCUT2D eigenvalue weighted by molar-refractivity contribution is 0.0627. The molecular formula is C7H13NO. The van der Waals surface area contributed by atoms with Crippen LogP contribution in [0.1, 0.15) is 12.8 Å². The van der Waals surface area contributed by atoms with Crippen molar-refractivity contribution in [3.8, 4) is 0 Å². The molecule has 1 heterocycles. The van der Waals surface area contributed by atoms with Gasteiger partial charge >= 0.3 is 0 Å². The molecule has 2 aliphatic rings. The van der Waals surface area contributed by atoms with Crippen LogP contribution < -0.4 is 5.32 Å². The van der Waals surface area contributed by atoms with E-state index in [1.54, 1.807) is 0 Å². The Morgan fingerprint density at radius 3 is 2.67 bits per heavy atom. The zero-order valence-electron chi connectivity index (χ0n) is 5.76. The number of ether oxygens (including phenoxy) is 1. The molecule has 1 aliphatic heterocycles. The summed E-state index contributed by atoms with van der Waals surface area (Å²) in [7, 11) is 1.82. The van der Waals surface area contributed by atoms with Gasteiger partial charge in [0.1, 0.15) is 0 Å². The van der Waals surface area contributed by atoms with Crippen LogP contribution in [0.2, 0.25) is 0 Å². The molecule has 2 rings (SSSR count). The van der Waals surface area contributed by atoms with Gasteiger partial charge in [0.15, 0.2) is 0 Å². The highest BCUT2D eigenvalue weighted by Crippen LogP contribution is 2.32. The van der Waals surface area contributed by atoms with Crippen molar-refractivity contribution in [1.82, 2.24) is 5.32 Å². The zero-order chi connectivity index (χ0) is 6.27. The molecule has 1 N–H and O–H groups in total. The molecule has 0 radical (unpaired) electrons. The van der Waals surface area contributed by atoms with Gasteiger partial charge in [-0.2, -0.15) is 0 Å². The van der Waals surface area contributed by atoms with Gasteiger partial charge in [-0.3, -0.25) is 0 Å². The van der Waals surface area contributed by atoms with E-state index in [0.717, 1.165) is 12.0 Å². The molecule has 2 fully saturated rings. The normalized spacial score (nSPS) is 48.3. The fourth-order valence-corrected chi connectivity index (χ4v) is 2.07. The Morgan fingerprint density at radius 2 is 2.33 bits per heavy atom. The van der Waals surface area contributed by atoms with Crippen LogP contribution in [0.5, 0.6) is 0 Å². The molecule has 2 nitrogen and oxygen atoms in total. The molecule has 1 saturated heterocycles. The number of fused-ring (bicyclic) bond motifs is 2. The monoisotopic (exact) mass is 127 g/mol. The lowest BCUT2D eigenvalue weighted by atomic mass is 10.1. The van der Waals surface area contributed by atoms with Crippen LogP contribution in [0, 0.1) is 5.92 Å². The lowest BCUT2D eigenvalue weighted by Crippen LogP contribution is -2.33. The summed E-state index contributed by atoms with van der Waals surface area (Å²) in [6.45, 7) is 1.18. The predicted molar refractivity (Wildman–Crippen MR) is 35.3 cm³/mol. The minimum absolute atomic E-state index is 0.566. The largest absolute Gasteiger partial charge is 0.381 e. The van der Waals surface area contributed by atoms with E-state index in [4.69, 9.17) is 4.74 Å². The van der Waals surface area contributed by atoms with Gasteiger partial charge in [0.2, 0.25) is 0 Å². The number of piperidine rings is 1. The molecule has 0 aromatic rings. The predicted octanol–water partition coefficient (Wildman–Crippen LogP) is 0.383. The SMILES string of the molecule is CO[C@@H]1C[C@@H]2C[C@H]1CN2. The quantitative estimate of drug-likeness (QED) is 0.550. The van der Waals surface area contributed by atoms with Gasteiger partial charge in [-0.15, -0.1) is 0 Å². The maximum atomic E-state index is 5.31. The number of methoxy groups -OCH3 is 1. The summed E-state index contributed by atoms with van der Waals surface area (Å²) in [6.07, 6.45) is 3.15. The number of rotatable bonds is 1. The third kappa shape index (κ3) is 0.775. The zero-order valence-corrected chi connectivity index (χ0v) is 5.76. The van der Waals surface area contributed by atoms with Crippen LogP contribution in [-0.2, 0) is 4.74 Å². The Hall–Kier alpha value is -0.0800. The first-order valence-corrected chi connectivity index (χ1v) is 3.66. The highest BCUT2D eigenvalue weighted by Gasteiger charge is 2.39. The second-order valence-electron chi connectivity index (χ2n) is 3.11. The van der Waals surface area contributed by atoms with Gasteiger partial charge in [-0.1, -0.05) is 0 Å². The fourth-order valence-electron chi connectivity index (χ4n) is 2.07. The van der Waals surface area contributed by atoms with E-state index in [1.807, 2.05) is 7.11 Å². The second-order valence-corrected chi connectivity index (χ2v) is 3.11. The Labute approximate surface area is 55.6 Å². The summed E-state index contributed by atoms with van der Waals surface area (Å²) < 4.78 is 5.31. The Kier molecular flexibility index (Phi) is 1.24. The third-order valence-electron chi connectivity index (χ3n) is 2.60. The first kappa shape index (κ1) is 5.69. The Bertz CT molecular complexity index is 115. The second kappa shape index (κ2) is 1.96. The first-order chi connectivity index (χ1) is 4.40. The van der Waals surface area contributed by atoms with Crippen molar-refractivity contribution >= 4 is 0 Å². The average Bonchev–Trinajstić information content (AvgIpc) is 2.45. The van der Waals surface area contributed by atoms with Gasteiger partial charge in [-0.25, -0.2) is 0 Å². The molecule has 52 valence electrons. The summed E-state index contributed by atoms with van der Waals surface area (Å²) in [4.78, 5) is 0. The number of nitrogens with one attached hydrogen (secondary N) is 1. The van der Waals surface area contributed by atoms with E-state index in [2.05, 4.69) is 5.32 Å². The van der Waals surface area contributed by atoms with Crippen LogP contribution in [0.15, 0.2) is 0 Å². The van der Waals surface area contributed by atoms with Crippen molar-refractivity contribution in [2.24, 2.45) is 5.92 Å². The van der Waals surface area contributed by atoms with E-state index in [-0.39, 0.29) is 0 Å². The minimum Gasteiger partial charge on any atom is -0.381 e. The maximum Gasteiger partial charge on any atom is 0.0627 e. The topological polar surface area (TPSA) is 21.3 Å². The molecular weight excluding hydrogens is 114 g/mol. The van der Waals surface area contributed by atoms with Crippen LogP contribution >= 0.6 is 0 Å². The lowest BCUT2D eigenvalue weighted by Gasteiger charge is -2.20. The molecule has 0 unspecified atom stereocenters. The van der Waals surface area contributed by atoms with Crippen LogP contribution in [0.4, 0.5) is 0 Å². The van der Waals surface area contributed by atoms with Gasteiger partial charge in [-0.05, 0) is 18.8 Å². The van der Waals surface area contributed by atoms with Crippen molar-refractivity contribution in [1.29, 1.82) is 0 Å². The Morgan fingerprint density at radius 1 is 1.44 bits per heavy atom. The van der Waals surface area contributed by atoms with E-state index >= 15 is 0 Å². The van der Waals surface area contributed by atoms with Crippen LogP contribution in [-0.4, -0.2) is 25.8 Å². The smallest absolute Gasteiger partial charge is 0.0627 e.